The molecular formula is C46H39N3. The lowest BCUT2D eigenvalue weighted by Crippen LogP contribution is -2.20. The quantitative estimate of drug-likeness (QED) is 0.134. The van der Waals surface area contributed by atoms with Gasteiger partial charge in [-0.25, -0.2) is 4.99 Å². The Kier molecular flexibility index (Phi) is 9.43. The summed E-state index contributed by atoms with van der Waals surface area (Å²) in [6, 6.07) is 55.1. The van der Waals surface area contributed by atoms with E-state index in [2.05, 4.69) is 151 Å². The molecule has 0 bridgehead atoms. The van der Waals surface area contributed by atoms with Crippen LogP contribution in [0.2, 0.25) is 0 Å². The van der Waals surface area contributed by atoms with Crippen molar-refractivity contribution in [1.82, 2.24) is 0 Å². The maximum atomic E-state index is 6.47. The fourth-order valence-corrected chi connectivity index (χ4v) is 6.27. The number of para-hydroxylation sites is 1. The van der Waals surface area contributed by atoms with Crippen molar-refractivity contribution < 1.29 is 0 Å². The van der Waals surface area contributed by atoms with Gasteiger partial charge in [-0.15, -0.1) is 0 Å². The van der Waals surface area contributed by atoms with Crippen LogP contribution in [-0.4, -0.2) is 12.4 Å². The van der Waals surface area contributed by atoms with E-state index in [1.165, 1.54) is 39.2 Å². The molecule has 0 saturated carbocycles. The van der Waals surface area contributed by atoms with Crippen molar-refractivity contribution in [1.29, 1.82) is 0 Å². The van der Waals surface area contributed by atoms with E-state index in [1.54, 1.807) is 0 Å². The van der Waals surface area contributed by atoms with E-state index in [9.17, 15) is 0 Å². The molecule has 6 aromatic carbocycles. The van der Waals surface area contributed by atoms with Crippen molar-refractivity contribution in [3.8, 4) is 22.3 Å². The summed E-state index contributed by atoms with van der Waals surface area (Å²) in [5, 5.41) is 0. The molecule has 0 unspecified atom stereocenters. The predicted molar refractivity (Wildman–Crippen MR) is 209 cm³/mol. The Morgan fingerprint density at radius 1 is 0.633 bits per heavy atom. The van der Waals surface area contributed by atoms with Crippen LogP contribution in [0.5, 0.6) is 0 Å². The minimum absolute atomic E-state index is 0.502. The minimum Gasteiger partial charge on any atom is -0.383 e. The van der Waals surface area contributed by atoms with Gasteiger partial charge in [0.05, 0.1) is 5.70 Å². The van der Waals surface area contributed by atoms with Crippen LogP contribution in [0.3, 0.4) is 0 Å². The number of nitrogens with two attached hydrogens (primary N) is 1. The van der Waals surface area contributed by atoms with Gasteiger partial charge in [-0.1, -0.05) is 164 Å². The maximum absolute atomic E-state index is 6.47. The Morgan fingerprint density at radius 2 is 1.18 bits per heavy atom. The zero-order valence-electron chi connectivity index (χ0n) is 27.5. The molecule has 1 aliphatic rings. The Bertz CT molecular complexity index is 2120. The molecule has 3 heteroatoms. The third-order valence-corrected chi connectivity index (χ3v) is 8.97. The summed E-state index contributed by atoms with van der Waals surface area (Å²) in [5.74, 6) is 0.502. The van der Waals surface area contributed by atoms with Crippen LogP contribution in [-0.2, 0) is 6.42 Å². The fourth-order valence-electron chi connectivity index (χ4n) is 6.27. The van der Waals surface area contributed by atoms with Gasteiger partial charge in [0.15, 0.2) is 0 Å². The third-order valence-electron chi connectivity index (χ3n) is 8.97. The lowest BCUT2D eigenvalue weighted by atomic mass is 9.98. The largest absolute Gasteiger partial charge is 0.383 e. The summed E-state index contributed by atoms with van der Waals surface area (Å²) in [4.78, 5) is 7.28. The molecule has 6 aromatic rings. The lowest BCUT2D eigenvalue weighted by Gasteiger charge is -2.28. The highest BCUT2D eigenvalue weighted by Crippen LogP contribution is 2.35. The van der Waals surface area contributed by atoms with E-state index in [0.29, 0.717) is 5.84 Å². The zero-order valence-corrected chi connectivity index (χ0v) is 27.5. The van der Waals surface area contributed by atoms with E-state index < -0.39 is 0 Å². The van der Waals surface area contributed by atoms with Crippen LogP contribution in [0.1, 0.15) is 28.7 Å². The number of fused-ring (bicyclic) bond motifs is 1. The molecule has 1 heterocycles. The molecule has 0 fully saturated rings. The van der Waals surface area contributed by atoms with Crippen molar-refractivity contribution >= 4 is 28.5 Å². The van der Waals surface area contributed by atoms with Crippen LogP contribution < -0.4 is 10.6 Å². The van der Waals surface area contributed by atoms with Crippen molar-refractivity contribution in [3.05, 3.63) is 205 Å². The summed E-state index contributed by atoms with van der Waals surface area (Å²) >= 11 is 0. The van der Waals surface area contributed by atoms with Crippen LogP contribution >= 0.6 is 0 Å². The molecule has 0 radical (unpaired) electrons. The van der Waals surface area contributed by atoms with Gasteiger partial charge in [-0.05, 0) is 70.0 Å². The highest BCUT2D eigenvalue weighted by atomic mass is 15.1. The molecule has 1 aliphatic heterocycles. The van der Waals surface area contributed by atoms with Gasteiger partial charge < -0.3 is 10.6 Å². The second kappa shape index (κ2) is 14.7. The van der Waals surface area contributed by atoms with Crippen LogP contribution in [0.15, 0.2) is 188 Å². The number of nitrogens with zero attached hydrogens (tertiary/aromatic N) is 2. The second-order valence-corrected chi connectivity index (χ2v) is 12.2. The average Bonchev–Trinajstić information content (AvgIpc) is 3.17. The molecule has 49 heavy (non-hydrogen) atoms. The molecule has 3 nitrogen and oxygen atoms in total. The van der Waals surface area contributed by atoms with E-state index >= 15 is 0 Å². The maximum Gasteiger partial charge on any atom is 0.131 e. The number of allylic oxidation sites excluding steroid dienone is 3. The molecule has 0 aliphatic carbocycles. The molecule has 7 rings (SSSR count). The number of aliphatic imine (C=N–C) groups is 1. The van der Waals surface area contributed by atoms with Crippen LogP contribution in [0, 0.1) is 0 Å². The van der Waals surface area contributed by atoms with Gasteiger partial charge in [0, 0.05) is 29.0 Å². The number of anilines is 2. The SMILES string of the molecule is C=C1/C=C\CCN(c2ccc(-c3ccc(-c4ccc(/C(=C/Cc5ccccc5)N=C(N)c5ccccc5)cc4)cc3)cc2)c2ccccc21. The molecule has 0 aromatic heterocycles. The average molecular weight is 634 g/mol. The Hall–Kier alpha value is -6.19. The van der Waals surface area contributed by atoms with Crippen LogP contribution in [0.25, 0.3) is 33.5 Å². The van der Waals surface area contributed by atoms with E-state index in [0.717, 1.165) is 47.3 Å². The molecule has 0 atom stereocenters. The van der Waals surface area contributed by atoms with Gasteiger partial charge >= 0.3 is 0 Å². The van der Waals surface area contributed by atoms with Gasteiger partial charge in [-0.3, -0.25) is 0 Å². The summed E-state index contributed by atoms with van der Waals surface area (Å²) in [7, 11) is 0. The van der Waals surface area contributed by atoms with Crippen molar-refractivity contribution in [2.24, 2.45) is 10.7 Å². The summed E-state index contributed by atoms with van der Waals surface area (Å²) in [6.07, 6.45) is 8.24. The first-order chi connectivity index (χ1) is 24.1. The Morgan fingerprint density at radius 3 is 1.84 bits per heavy atom. The van der Waals surface area contributed by atoms with Gasteiger partial charge in [0.25, 0.3) is 0 Å². The number of rotatable bonds is 8. The normalized spacial score (nSPS) is 14.1. The number of hydrogen-bond donors (Lipinski definition) is 1. The van der Waals surface area contributed by atoms with E-state index in [1.807, 2.05) is 36.4 Å². The monoisotopic (exact) mass is 633 g/mol. The summed E-state index contributed by atoms with van der Waals surface area (Å²) < 4.78 is 0. The zero-order chi connectivity index (χ0) is 33.4. The summed E-state index contributed by atoms with van der Waals surface area (Å²) in [6.45, 7) is 5.21. The first-order valence-corrected chi connectivity index (χ1v) is 16.8. The first kappa shape index (κ1) is 31.4. The van der Waals surface area contributed by atoms with Crippen molar-refractivity contribution in [3.63, 3.8) is 0 Å². The Balaban J connectivity index is 1.10. The second-order valence-electron chi connectivity index (χ2n) is 12.2. The minimum atomic E-state index is 0.502. The fraction of sp³-hybridized carbons (Fsp3) is 0.0652. The topological polar surface area (TPSA) is 41.6 Å². The molecule has 0 saturated heterocycles. The molecule has 238 valence electrons. The van der Waals surface area contributed by atoms with Gasteiger partial charge in [-0.2, -0.15) is 0 Å². The molecule has 2 N–H and O–H groups in total. The van der Waals surface area contributed by atoms with Crippen molar-refractivity contribution in [2.45, 2.75) is 12.8 Å². The smallest absolute Gasteiger partial charge is 0.131 e. The predicted octanol–water partition coefficient (Wildman–Crippen LogP) is 11.1. The molecule has 0 spiro atoms. The molecular weight excluding hydrogens is 595 g/mol. The number of benzene rings is 6. The number of amidine groups is 1. The molecule has 0 amide bonds. The third kappa shape index (κ3) is 7.37. The van der Waals surface area contributed by atoms with Gasteiger partial charge in [0.1, 0.15) is 5.84 Å². The standard InChI is InChI=1S/C46H39N3/c1-34-12-10-11-33-49(45-18-9-8-17-43(34)45)42-30-28-39(29-31-42)37-22-20-36(21-23-37)38-24-26-40(27-25-38)44(32-19-35-13-4-2-5-14-35)48-46(47)41-15-6-3-7-16-41/h2-10,12-18,20-32H,1,11,19,33H2,(H2,47,48)/b12-10-,44-32-. The van der Waals surface area contributed by atoms with Gasteiger partial charge in [0.2, 0.25) is 0 Å². The lowest BCUT2D eigenvalue weighted by molar-refractivity contribution is 0.936. The van der Waals surface area contributed by atoms with Crippen LogP contribution in [0.4, 0.5) is 11.4 Å². The first-order valence-electron chi connectivity index (χ1n) is 16.8. The van der Waals surface area contributed by atoms with E-state index in [-0.39, 0.29) is 0 Å². The van der Waals surface area contributed by atoms with E-state index in [4.69, 9.17) is 10.7 Å². The highest BCUT2D eigenvalue weighted by Gasteiger charge is 2.16. The Labute approximate surface area is 289 Å². The number of hydrogen-bond acceptors (Lipinski definition) is 2. The van der Waals surface area contributed by atoms with Crippen molar-refractivity contribution in [2.75, 3.05) is 11.4 Å². The highest BCUT2D eigenvalue weighted by molar-refractivity contribution is 6.00. The summed E-state index contributed by atoms with van der Waals surface area (Å²) in [5.41, 5.74) is 19.8.